The Bertz CT molecular complexity index is 788. The topological polar surface area (TPSA) is 80.3 Å². The number of aromatic nitrogens is 1. The molecule has 1 aromatic carbocycles. The molecule has 0 unspecified atom stereocenters. The number of anilines is 1. The largest absolute Gasteiger partial charge is 0.477 e. The van der Waals surface area contributed by atoms with Crippen LogP contribution < -0.4 is 15.4 Å². The van der Waals surface area contributed by atoms with E-state index in [-0.39, 0.29) is 17.7 Å². The zero-order valence-electron chi connectivity index (χ0n) is 15.6. The van der Waals surface area contributed by atoms with Crippen LogP contribution in [0.4, 0.5) is 5.69 Å². The summed E-state index contributed by atoms with van der Waals surface area (Å²) in [5.74, 6) is 0.164. The van der Waals surface area contributed by atoms with Gasteiger partial charge in [0.15, 0.2) is 0 Å². The van der Waals surface area contributed by atoms with Crippen molar-refractivity contribution in [3.8, 4) is 5.88 Å². The van der Waals surface area contributed by atoms with Crippen LogP contribution in [-0.4, -0.2) is 29.9 Å². The lowest BCUT2D eigenvalue weighted by Crippen LogP contribution is -2.27. The number of hydrogen-bond acceptors (Lipinski definition) is 4. The Morgan fingerprint density at radius 3 is 2.65 bits per heavy atom. The molecule has 2 N–H and O–H groups in total. The SMILES string of the molecule is CCOc1ncccc1C(=O)Nc1cc(C(=O)NCC(C)C)ccc1C. The van der Waals surface area contributed by atoms with Crippen LogP contribution in [0.3, 0.4) is 0 Å². The minimum atomic E-state index is -0.329. The number of carbonyl (C=O) groups is 2. The Kier molecular flexibility index (Phi) is 6.72. The molecular formula is C20H25N3O3. The number of ether oxygens (including phenoxy) is 1. The van der Waals surface area contributed by atoms with Crippen molar-refractivity contribution in [3.05, 3.63) is 53.2 Å². The van der Waals surface area contributed by atoms with Gasteiger partial charge >= 0.3 is 0 Å². The van der Waals surface area contributed by atoms with Crippen molar-refractivity contribution in [3.63, 3.8) is 0 Å². The normalized spacial score (nSPS) is 10.5. The maximum Gasteiger partial charge on any atom is 0.261 e. The van der Waals surface area contributed by atoms with E-state index in [1.54, 1.807) is 30.5 Å². The molecule has 0 fully saturated rings. The van der Waals surface area contributed by atoms with Gasteiger partial charge < -0.3 is 15.4 Å². The zero-order valence-corrected chi connectivity index (χ0v) is 15.6. The molecule has 2 amide bonds. The summed E-state index contributed by atoms with van der Waals surface area (Å²) in [7, 11) is 0. The summed E-state index contributed by atoms with van der Waals surface area (Å²) in [6.07, 6.45) is 1.58. The summed E-state index contributed by atoms with van der Waals surface area (Å²) in [6, 6.07) is 8.57. The molecule has 0 spiro atoms. The minimum Gasteiger partial charge on any atom is -0.477 e. The molecule has 2 rings (SSSR count). The number of amides is 2. The van der Waals surface area contributed by atoms with E-state index < -0.39 is 0 Å². The number of benzene rings is 1. The molecule has 0 saturated carbocycles. The highest BCUT2D eigenvalue weighted by molar-refractivity contribution is 6.07. The third-order valence-electron chi connectivity index (χ3n) is 3.72. The summed E-state index contributed by atoms with van der Waals surface area (Å²) >= 11 is 0. The van der Waals surface area contributed by atoms with Gasteiger partial charge in [0.25, 0.3) is 11.8 Å². The number of rotatable bonds is 7. The van der Waals surface area contributed by atoms with Crippen molar-refractivity contribution >= 4 is 17.5 Å². The maximum absolute atomic E-state index is 12.6. The fourth-order valence-electron chi connectivity index (χ4n) is 2.30. The van der Waals surface area contributed by atoms with E-state index in [9.17, 15) is 9.59 Å². The monoisotopic (exact) mass is 355 g/mol. The number of pyridine rings is 1. The molecule has 6 nitrogen and oxygen atoms in total. The summed E-state index contributed by atoms with van der Waals surface area (Å²) < 4.78 is 5.41. The minimum absolute atomic E-state index is 0.161. The van der Waals surface area contributed by atoms with E-state index in [1.165, 1.54) is 0 Å². The highest BCUT2D eigenvalue weighted by atomic mass is 16.5. The molecular weight excluding hydrogens is 330 g/mol. The lowest BCUT2D eigenvalue weighted by molar-refractivity contribution is 0.0947. The molecule has 0 bridgehead atoms. The lowest BCUT2D eigenvalue weighted by atomic mass is 10.1. The maximum atomic E-state index is 12.6. The second-order valence-corrected chi connectivity index (χ2v) is 6.38. The second kappa shape index (κ2) is 8.99. The highest BCUT2D eigenvalue weighted by Gasteiger charge is 2.15. The first kappa shape index (κ1) is 19.4. The van der Waals surface area contributed by atoms with Gasteiger partial charge in [0.2, 0.25) is 5.88 Å². The standard InChI is InChI=1S/C20H25N3O3/c1-5-26-20-16(7-6-10-21-20)19(25)23-17-11-15(9-8-14(17)4)18(24)22-12-13(2)3/h6-11,13H,5,12H2,1-4H3,(H,22,24)(H,23,25). The van der Waals surface area contributed by atoms with Crippen LogP contribution in [0.1, 0.15) is 47.1 Å². The lowest BCUT2D eigenvalue weighted by Gasteiger charge is -2.13. The van der Waals surface area contributed by atoms with Crippen LogP contribution in [-0.2, 0) is 0 Å². The zero-order chi connectivity index (χ0) is 19.1. The summed E-state index contributed by atoms with van der Waals surface area (Å²) in [6.45, 7) is 8.79. The van der Waals surface area contributed by atoms with Gasteiger partial charge in [0.05, 0.1) is 6.61 Å². The summed E-state index contributed by atoms with van der Waals surface area (Å²) in [5.41, 5.74) is 2.30. The molecule has 26 heavy (non-hydrogen) atoms. The Balaban J connectivity index is 2.20. The number of aryl methyl sites for hydroxylation is 1. The third-order valence-corrected chi connectivity index (χ3v) is 3.72. The van der Waals surface area contributed by atoms with E-state index in [2.05, 4.69) is 15.6 Å². The van der Waals surface area contributed by atoms with Crippen molar-refractivity contribution in [2.24, 2.45) is 5.92 Å². The van der Waals surface area contributed by atoms with E-state index in [1.807, 2.05) is 33.8 Å². The molecule has 0 aliphatic heterocycles. The first-order valence-electron chi connectivity index (χ1n) is 8.70. The third kappa shape index (κ3) is 5.05. The van der Waals surface area contributed by atoms with Gasteiger partial charge in [-0.25, -0.2) is 4.98 Å². The smallest absolute Gasteiger partial charge is 0.261 e. The highest BCUT2D eigenvalue weighted by Crippen LogP contribution is 2.21. The molecule has 1 heterocycles. The van der Waals surface area contributed by atoms with Gasteiger partial charge in [0, 0.05) is 24.0 Å². The number of nitrogens with zero attached hydrogens (tertiary/aromatic N) is 1. The van der Waals surface area contributed by atoms with Crippen LogP contribution in [0, 0.1) is 12.8 Å². The molecule has 2 aromatic rings. The Hall–Kier alpha value is -2.89. The van der Waals surface area contributed by atoms with Gasteiger partial charge in [-0.15, -0.1) is 0 Å². The van der Waals surface area contributed by atoms with Crippen molar-refractivity contribution in [1.29, 1.82) is 0 Å². The number of carbonyl (C=O) groups excluding carboxylic acids is 2. The molecule has 0 radical (unpaired) electrons. The van der Waals surface area contributed by atoms with E-state index in [4.69, 9.17) is 4.74 Å². The Labute approximate surface area is 154 Å². The Morgan fingerprint density at radius 1 is 1.19 bits per heavy atom. The van der Waals surface area contributed by atoms with Crippen LogP contribution in [0.15, 0.2) is 36.5 Å². The van der Waals surface area contributed by atoms with E-state index >= 15 is 0 Å². The summed E-state index contributed by atoms with van der Waals surface area (Å²) in [5, 5.41) is 5.72. The van der Waals surface area contributed by atoms with Gasteiger partial charge in [-0.2, -0.15) is 0 Å². The fraction of sp³-hybridized carbons (Fsp3) is 0.350. The first-order chi connectivity index (χ1) is 12.4. The van der Waals surface area contributed by atoms with Gasteiger partial charge in [-0.1, -0.05) is 19.9 Å². The predicted molar refractivity (Wildman–Crippen MR) is 102 cm³/mol. The number of nitrogens with one attached hydrogen (secondary N) is 2. The molecule has 0 aliphatic rings. The van der Waals surface area contributed by atoms with Crippen molar-refractivity contribution in [2.75, 3.05) is 18.5 Å². The molecule has 1 aromatic heterocycles. The van der Waals surface area contributed by atoms with Crippen LogP contribution in [0.25, 0.3) is 0 Å². The summed E-state index contributed by atoms with van der Waals surface area (Å²) in [4.78, 5) is 29.0. The number of hydrogen-bond donors (Lipinski definition) is 2. The van der Waals surface area contributed by atoms with Crippen molar-refractivity contribution in [1.82, 2.24) is 10.3 Å². The van der Waals surface area contributed by atoms with Crippen molar-refractivity contribution < 1.29 is 14.3 Å². The first-order valence-corrected chi connectivity index (χ1v) is 8.70. The van der Waals surface area contributed by atoms with Crippen LogP contribution in [0.5, 0.6) is 5.88 Å². The Morgan fingerprint density at radius 2 is 1.96 bits per heavy atom. The molecule has 6 heteroatoms. The molecule has 0 aliphatic carbocycles. The average molecular weight is 355 g/mol. The van der Waals surface area contributed by atoms with Gasteiger partial charge in [0.1, 0.15) is 5.56 Å². The molecule has 0 atom stereocenters. The van der Waals surface area contributed by atoms with Crippen molar-refractivity contribution in [2.45, 2.75) is 27.7 Å². The second-order valence-electron chi connectivity index (χ2n) is 6.38. The van der Waals surface area contributed by atoms with E-state index in [0.717, 1.165) is 5.56 Å². The van der Waals surface area contributed by atoms with Crippen LogP contribution in [0.2, 0.25) is 0 Å². The molecule has 138 valence electrons. The van der Waals surface area contributed by atoms with Gasteiger partial charge in [-0.05, 0) is 49.6 Å². The van der Waals surface area contributed by atoms with Crippen LogP contribution >= 0.6 is 0 Å². The fourth-order valence-corrected chi connectivity index (χ4v) is 2.30. The van der Waals surface area contributed by atoms with Gasteiger partial charge in [-0.3, -0.25) is 9.59 Å². The average Bonchev–Trinajstić information content (AvgIpc) is 2.62. The quantitative estimate of drug-likeness (QED) is 0.797. The van der Waals surface area contributed by atoms with E-state index in [0.29, 0.717) is 35.9 Å². The predicted octanol–water partition coefficient (Wildman–Crippen LogP) is 3.43. The molecule has 0 saturated heterocycles.